The largest absolute Gasteiger partial charge is 0.497 e. The Kier molecular flexibility index (Phi) is 5.06. The Morgan fingerprint density at radius 2 is 1.24 bits per heavy atom. The van der Waals surface area contributed by atoms with Crippen LogP contribution in [0, 0.1) is 0 Å². The molecule has 0 amide bonds. The number of hydrogen-bond acceptors (Lipinski definition) is 5. The molecule has 34 heavy (non-hydrogen) atoms. The molecule has 1 fully saturated rings. The van der Waals surface area contributed by atoms with Crippen LogP contribution in [0.25, 0.3) is 0 Å². The maximum atomic E-state index is 6.44. The third-order valence-electron chi connectivity index (χ3n) is 7.30. The van der Waals surface area contributed by atoms with Crippen LogP contribution >= 0.6 is 37.0 Å². The van der Waals surface area contributed by atoms with Crippen molar-refractivity contribution in [3.05, 3.63) is 130 Å². The van der Waals surface area contributed by atoms with E-state index in [1.807, 2.05) is 44.7 Å². The highest BCUT2D eigenvalue weighted by molar-refractivity contribution is 9.25. The van der Waals surface area contributed by atoms with Gasteiger partial charge in [0.05, 0.1) is 21.5 Å². The van der Waals surface area contributed by atoms with Crippen LogP contribution in [0.15, 0.2) is 97.1 Å². The lowest BCUT2D eigenvalue weighted by atomic mass is 9.53. The van der Waals surface area contributed by atoms with Gasteiger partial charge in [0.2, 0.25) is 0 Å². The van der Waals surface area contributed by atoms with Crippen molar-refractivity contribution >= 4 is 54.1 Å². The van der Waals surface area contributed by atoms with Gasteiger partial charge in [-0.05, 0) is 68.1 Å². The summed E-state index contributed by atoms with van der Waals surface area (Å²) < 4.78 is 3.81. The van der Waals surface area contributed by atoms with Gasteiger partial charge in [-0.25, -0.2) is 0 Å². The first-order valence-corrected chi connectivity index (χ1v) is 18.3. The van der Waals surface area contributed by atoms with Crippen molar-refractivity contribution in [2.24, 2.45) is 0 Å². The molecule has 2 bridgehead atoms. The van der Waals surface area contributed by atoms with Crippen LogP contribution in [-0.4, -0.2) is 11.7 Å². The summed E-state index contributed by atoms with van der Waals surface area (Å²) in [7, 11) is 5.64. The molecule has 8 rings (SSSR count). The van der Waals surface area contributed by atoms with Gasteiger partial charge in [-0.3, -0.25) is 0 Å². The van der Waals surface area contributed by atoms with Crippen LogP contribution in [0.2, 0.25) is 0 Å². The van der Waals surface area contributed by atoms with Gasteiger partial charge in [0, 0.05) is 11.2 Å². The molecule has 4 aromatic carbocycles. The Balaban J connectivity index is 1.45. The van der Waals surface area contributed by atoms with Gasteiger partial charge in [0.15, 0.2) is 0 Å². The van der Waals surface area contributed by atoms with Crippen LogP contribution in [0.3, 0.4) is 0 Å². The van der Waals surface area contributed by atoms with E-state index >= 15 is 0 Å². The number of hydrogen-bond donors (Lipinski definition) is 0. The highest BCUT2D eigenvalue weighted by atomic mass is 33.5. The van der Waals surface area contributed by atoms with Gasteiger partial charge in [-0.1, -0.05) is 107 Å². The van der Waals surface area contributed by atoms with E-state index in [-0.39, 0.29) is 10.00 Å². The minimum Gasteiger partial charge on any atom is -0.497 e. The van der Waals surface area contributed by atoms with Crippen LogP contribution < -0.4 is 10.0 Å². The Hall–Kier alpha value is -1.62. The zero-order valence-corrected chi connectivity index (χ0v) is 22.5. The van der Waals surface area contributed by atoms with Crippen molar-refractivity contribution in [2.75, 3.05) is 7.11 Å². The minimum atomic E-state index is -1.88. The maximum Gasteiger partial charge on any atom is 0.118 e. The molecule has 4 aliphatic rings. The lowest BCUT2D eigenvalue weighted by molar-refractivity contribution is 0.415. The van der Waals surface area contributed by atoms with Crippen LogP contribution in [0.5, 0.6) is 5.75 Å². The molecule has 0 aromatic heterocycles. The predicted octanol–water partition coefficient (Wildman–Crippen LogP) is 7.93. The van der Waals surface area contributed by atoms with Crippen molar-refractivity contribution in [3.8, 4) is 5.75 Å². The van der Waals surface area contributed by atoms with E-state index in [1.165, 1.54) is 38.7 Å². The highest BCUT2D eigenvalue weighted by Gasteiger charge is 2.58. The second kappa shape index (κ2) is 7.94. The van der Waals surface area contributed by atoms with E-state index in [0.717, 1.165) is 5.75 Å². The maximum absolute atomic E-state index is 6.44. The number of benzene rings is 4. The molecule has 3 aliphatic carbocycles. The van der Waals surface area contributed by atoms with Gasteiger partial charge in [0.25, 0.3) is 0 Å². The Morgan fingerprint density at radius 1 is 0.735 bits per heavy atom. The molecule has 0 spiro atoms. The van der Waals surface area contributed by atoms with Crippen molar-refractivity contribution in [1.29, 1.82) is 0 Å². The summed E-state index contributed by atoms with van der Waals surface area (Å²) in [6.07, 6.45) is 0. The van der Waals surface area contributed by atoms with Gasteiger partial charge in [-0.15, -0.1) is 0 Å². The zero-order valence-electron chi connectivity index (χ0n) is 18.4. The third kappa shape index (κ3) is 2.82. The first kappa shape index (κ1) is 21.6. The first-order valence-electron chi connectivity index (χ1n) is 11.2. The molecule has 4 aromatic rings. The quantitative estimate of drug-likeness (QED) is 0.195. The molecule has 0 N–H and O–H groups in total. The van der Waals surface area contributed by atoms with E-state index in [9.17, 15) is 0 Å². The van der Waals surface area contributed by atoms with Gasteiger partial charge in [0.1, 0.15) is 5.75 Å². The molecular weight excluding hydrogens is 512 g/mol. The summed E-state index contributed by atoms with van der Waals surface area (Å²) >= 11 is 8.48. The summed E-state index contributed by atoms with van der Waals surface area (Å²) in [6, 6.07) is 35.8. The summed E-state index contributed by atoms with van der Waals surface area (Å²) in [6.45, 7) is 0. The summed E-state index contributed by atoms with van der Waals surface area (Å²) in [4.78, 5) is 0. The molecule has 0 radical (unpaired) electrons. The normalized spacial score (nSPS) is 28.1. The van der Waals surface area contributed by atoms with E-state index in [2.05, 4.69) is 84.9 Å². The van der Waals surface area contributed by atoms with E-state index < -0.39 is 4.44 Å². The molecule has 1 heterocycles. The van der Waals surface area contributed by atoms with Crippen LogP contribution in [0.1, 0.15) is 39.3 Å². The predicted molar refractivity (Wildman–Crippen MR) is 154 cm³/mol. The third-order valence-corrected chi connectivity index (χ3v) is 23.4. The smallest absolute Gasteiger partial charge is 0.118 e. The molecule has 2 unspecified atom stereocenters. The SMILES string of the molecule is COc1ccc(P2(=S)SSC(C34c5ccccc5C(c5ccccc53)c3ccccc34)S2)cc1. The molecule has 0 saturated carbocycles. The van der Waals surface area contributed by atoms with Gasteiger partial charge < -0.3 is 4.74 Å². The molecular formula is C28H21OPS4. The van der Waals surface area contributed by atoms with Gasteiger partial charge >= 0.3 is 0 Å². The second-order valence-corrected chi connectivity index (χ2v) is 22.1. The monoisotopic (exact) mass is 532 g/mol. The fraction of sp³-hybridized carbons (Fsp3) is 0.143. The number of ether oxygens (including phenoxy) is 1. The summed E-state index contributed by atoms with van der Waals surface area (Å²) in [5.74, 6) is 1.18. The molecule has 168 valence electrons. The average molecular weight is 533 g/mol. The number of methoxy groups -OCH3 is 1. The van der Waals surface area contributed by atoms with Crippen LogP contribution in [0.4, 0.5) is 0 Å². The fourth-order valence-corrected chi connectivity index (χ4v) is 24.0. The minimum absolute atomic E-state index is 0.214. The lowest BCUT2D eigenvalue weighted by Crippen LogP contribution is -2.47. The average Bonchev–Trinajstić information content (AvgIpc) is 3.32. The summed E-state index contributed by atoms with van der Waals surface area (Å²) in [5, 5.41) is 1.27. The van der Waals surface area contributed by atoms with E-state index in [4.69, 9.17) is 16.5 Å². The number of rotatable bonds is 3. The second-order valence-electron chi connectivity index (χ2n) is 8.81. The summed E-state index contributed by atoms with van der Waals surface area (Å²) in [5.41, 5.74) is 8.53. The Bertz CT molecular complexity index is 1370. The van der Waals surface area contributed by atoms with E-state index in [1.54, 1.807) is 7.11 Å². The Morgan fingerprint density at radius 3 is 1.74 bits per heavy atom. The van der Waals surface area contributed by atoms with Crippen molar-refractivity contribution in [3.63, 3.8) is 0 Å². The van der Waals surface area contributed by atoms with Crippen LogP contribution in [-0.2, 0) is 17.2 Å². The molecule has 1 saturated heterocycles. The van der Waals surface area contributed by atoms with Crippen molar-refractivity contribution in [1.82, 2.24) is 0 Å². The zero-order chi connectivity index (χ0) is 22.9. The standard InChI is InChI=1S/C28H21OPS4/c1-29-18-14-16-19(17-15-18)30(31)32-27(33-34-30)28-23-11-5-2-8-20(23)26(21-9-3-6-12-24(21)28)22-10-4-7-13-25(22)28/h2-17,26-27H,1H3. The first-order chi connectivity index (χ1) is 16.7. The van der Waals surface area contributed by atoms with E-state index in [0.29, 0.717) is 5.92 Å². The fourth-order valence-electron chi connectivity index (χ4n) is 5.92. The molecule has 1 nitrogen and oxygen atoms in total. The highest BCUT2D eigenvalue weighted by Crippen LogP contribution is 2.85. The van der Waals surface area contributed by atoms with Gasteiger partial charge in [-0.2, -0.15) is 0 Å². The lowest BCUT2D eigenvalue weighted by Gasteiger charge is -2.52. The molecule has 6 heteroatoms. The topological polar surface area (TPSA) is 9.23 Å². The molecule has 1 aliphatic heterocycles. The molecule has 2 atom stereocenters. The Labute approximate surface area is 217 Å². The van der Waals surface area contributed by atoms with Crippen molar-refractivity contribution in [2.45, 2.75) is 15.9 Å². The van der Waals surface area contributed by atoms with Crippen molar-refractivity contribution < 1.29 is 4.74 Å².